The molecule has 0 aromatic heterocycles. The van der Waals surface area contributed by atoms with Crippen LogP contribution in [0.5, 0.6) is 11.5 Å². The summed E-state index contributed by atoms with van der Waals surface area (Å²) in [6, 6.07) is 11.9. The first-order valence-electron chi connectivity index (χ1n) is 6.37. The Balaban J connectivity index is 1.99. The first kappa shape index (κ1) is 17.3. The highest BCUT2D eigenvalue weighted by Gasteiger charge is 2.06. The van der Waals surface area contributed by atoms with Crippen LogP contribution in [-0.2, 0) is 4.74 Å². The predicted molar refractivity (Wildman–Crippen MR) is 94.7 cm³/mol. The molecule has 0 spiro atoms. The lowest BCUT2D eigenvalue weighted by Gasteiger charge is -2.10. The van der Waals surface area contributed by atoms with Crippen molar-refractivity contribution in [2.45, 2.75) is 0 Å². The zero-order chi connectivity index (χ0) is 16.8. The molecule has 1 amide bonds. The number of thiocarbonyl (C=S) groups is 1. The van der Waals surface area contributed by atoms with Crippen LogP contribution in [0.3, 0.4) is 0 Å². The molecule has 23 heavy (non-hydrogen) atoms. The molecule has 0 aliphatic heterocycles. The maximum Gasteiger partial charge on any atom is 0.413 e. The standard InChI is InChI=1S/C15H12Cl2N2O3S/c1-21-15(20)19-14(23)18-10-3-5-11(6-4-10)22-13-7-2-9(16)8-12(13)17/h2-8H,1H3,(H2,18,19,20,23). The summed E-state index contributed by atoms with van der Waals surface area (Å²) < 4.78 is 10.1. The molecule has 0 aliphatic carbocycles. The van der Waals surface area contributed by atoms with Crippen molar-refractivity contribution in [3.8, 4) is 11.5 Å². The summed E-state index contributed by atoms with van der Waals surface area (Å²) in [5.41, 5.74) is 0.681. The molecular weight excluding hydrogens is 359 g/mol. The fourth-order valence-electron chi connectivity index (χ4n) is 1.60. The lowest BCUT2D eigenvalue weighted by atomic mass is 10.3. The van der Waals surface area contributed by atoms with Gasteiger partial charge in [-0.05, 0) is 54.7 Å². The van der Waals surface area contributed by atoms with Gasteiger partial charge in [-0.15, -0.1) is 0 Å². The Morgan fingerprint density at radius 3 is 2.43 bits per heavy atom. The third-order valence-corrected chi connectivity index (χ3v) is 3.37. The smallest absolute Gasteiger partial charge is 0.413 e. The van der Waals surface area contributed by atoms with Crippen molar-refractivity contribution < 1.29 is 14.3 Å². The molecule has 120 valence electrons. The molecule has 2 aromatic rings. The minimum Gasteiger partial charge on any atom is -0.456 e. The van der Waals surface area contributed by atoms with Crippen LogP contribution in [0.2, 0.25) is 10.0 Å². The molecule has 0 atom stereocenters. The van der Waals surface area contributed by atoms with Gasteiger partial charge in [-0.3, -0.25) is 5.32 Å². The van der Waals surface area contributed by atoms with Crippen molar-refractivity contribution in [2.75, 3.05) is 12.4 Å². The average molecular weight is 371 g/mol. The van der Waals surface area contributed by atoms with Crippen molar-refractivity contribution in [3.63, 3.8) is 0 Å². The van der Waals surface area contributed by atoms with E-state index < -0.39 is 6.09 Å². The normalized spacial score (nSPS) is 9.87. The monoisotopic (exact) mass is 370 g/mol. The number of hydrogen-bond acceptors (Lipinski definition) is 4. The van der Waals surface area contributed by atoms with Crippen molar-refractivity contribution >= 4 is 52.3 Å². The van der Waals surface area contributed by atoms with E-state index >= 15 is 0 Å². The topological polar surface area (TPSA) is 59.6 Å². The van der Waals surface area contributed by atoms with Crippen LogP contribution in [0.25, 0.3) is 0 Å². The van der Waals surface area contributed by atoms with Crippen LogP contribution in [0, 0.1) is 0 Å². The SMILES string of the molecule is COC(=O)NC(=S)Nc1ccc(Oc2ccc(Cl)cc2Cl)cc1. The number of ether oxygens (including phenoxy) is 2. The molecule has 2 N–H and O–H groups in total. The predicted octanol–water partition coefficient (Wildman–Crippen LogP) is 4.84. The van der Waals surface area contributed by atoms with Crippen LogP contribution in [0.1, 0.15) is 0 Å². The number of methoxy groups -OCH3 is 1. The maximum absolute atomic E-state index is 11.0. The van der Waals surface area contributed by atoms with Gasteiger partial charge in [0.25, 0.3) is 0 Å². The van der Waals surface area contributed by atoms with Crippen LogP contribution in [0.15, 0.2) is 42.5 Å². The second-order valence-corrected chi connectivity index (χ2v) is 5.52. The third kappa shape index (κ3) is 5.28. The molecule has 0 fully saturated rings. The Hall–Kier alpha value is -2.02. The summed E-state index contributed by atoms with van der Waals surface area (Å²) in [7, 11) is 1.26. The van der Waals surface area contributed by atoms with E-state index in [2.05, 4.69) is 15.4 Å². The largest absolute Gasteiger partial charge is 0.456 e. The highest BCUT2D eigenvalue weighted by atomic mass is 35.5. The van der Waals surface area contributed by atoms with Crippen molar-refractivity contribution in [3.05, 3.63) is 52.5 Å². The second kappa shape index (κ2) is 8.01. The molecule has 0 radical (unpaired) electrons. The van der Waals surface area contributed by atoms with E-state index in [4.69, 9.17) is 40.2 Å². The summed E-state index contributed by atoms with van der Waals surface area (Å²) >= 11 is 16.8. The zero-order valence-corrected chi connectivity index (χ0v) is 14.3. The van der Waals surface area contributed by atoms with Crippen LogP contribution < -0.4 is 15.4 Å². The molecule has 0 saturated heterocycles. The van der Waals surface area contributed by atoms with Gasteiger partial charge in [0.2, 0.25) is 0 Å². The number of anilines is 1. The Labute approximate surface area is 148 Å². The number of alkyl carbamates (subject to hydrolysis) is 1. The first-order valence-corrected chi connectivity index (χ1v) is 7.53. The summed E-state index contributed by atoms with van der Waals surface area (Å²) in [6.45, 7) is 0. The summed E-state index contributed by atoms with van der Waals surface area (Å²) in [5, 5.41) is 6.27. The first-order chi connectivity index (χ1) is 11.0. The Bertz CT molecular complexity index is 723. The Kier molecular flexibility index (Phi) is 6.04. The second-order valence-electron chi connectivity index (χ2n) is 4.27. The van der Waals surface area contributed by atoms with Crippen molar-refractivity contribution in [2.24, 2.45) is 0 Å². The van der Waals surface area contributed by atoms with Crippen LogP contribution in [0.4, 0.5) is 10.5 Å². The van der Waals surface area contributed by atoms with E-state index in [9.17, 15) is 4.79 Å². The van der Waals surface area contributed by atoms with Gasteiger partial charge < -0.3 is 14.8 Å². The highest BCUT2D eigenvalue weighted by Crippen LogP contribution is 2.31. The van der Waals surface area contributed by atoms with Crippen LogP contribution >= 0.6 is 35.4 Å². The molecule has 0 saturated carbocycles. The molecule has 5 nitrogen and oxygen atoms in total. The number of amides is 1. The maximum atomic E-state index is 11.0. The molecule has 8 heteroatoms. The minimum absolute atomic E-state index is 0.131. The minimum atomic E-state index is -0.639. The number of nitrogens with one attached hydrogen (secondary N) is 2. The van der Waals surface area contributed by atoms with E-state index in [0.717, 1.165) is 0 Å². The number of halogens is 2. The number of carbonyl (C=O) groups is 1. The van der Waals surface area contributed by atoms with Gasteiger partial charge in [-0.1, -0.05) is 23.2 Å². The fraction of sp³-hybridized carbons (Fsp3) is 0.0667. The number of benzene rings is 2. The lowest BCUT2D eigenvalue weighted by molar-refractivity contribution is 0.177. The molecule has 0 heterocycles. The molecule has 0 bridgehead atoms. The van der Waals surface area contributed by atoms with Crippen molar-refractivity contribution in [1.82, 2.24) is 5.32 Å². The van der Waals surface area contributed by atoms with Gasteiger partial charge in [0.15, 0.2) is 5.11 Å². The number of hydrogen-bond donors (Lipinski definition) is 2. The summed E-state index contributed by atoms with van der Waals surface area (Å²) in [5.74, 6) is 1.09. The van der Waals surface area contributed by atoms with Gasteiger partial charge in [0, 0.05) is 10.7 Å². The van der Waals surface area contributed by atoms with Gasteiger partial charge in [-0.25, -0.2) is 4.79 Å². The Morgan fingerprint density at radius 1 is 1.13 bits per heavy atom. The van der Waals surface area contributed by atoms with E-state index in [1.165, 1.54) is 7.11 Å². The van der Waals surface area contributed by atoms with E-state index in [1.807, 2.05) is 0 Å². The fourth-order valence-corrected chi connectivity index (χ4v) is 2.25. The molecule has 2 rings (SSSR count). The molecule has 0 aliphatic rings. The van der Waals surface area contributed by atoms with Crippen molar-refractivity contribution in [1.29, 1.82) is 0 Å². The third-order valence-electron chi connectivity index (χ3n) is 2.63. The van der Waals surface area contributed by atoms with E-state index in [1.54, 1.807) is 42.5 Å². The average Bonchev–Trinajstić information content (AvgIpc) is 2.51. The number of rotatable bonds is 3. The van der Waals surface area contributed by atoms with E-state index in [0.29, 0.717) is 27.2 Å². The zero-order valence-electron chi connectivity index (χ0n) is 11.9. The highest BCUT2D eigenvalue weighted by molar-refractivity contribution is 7.80. The summed E-state index contributed by atoms with van der Waals surface area (Å²) in [4.78, 5) is 11.0. The van der Waals surface area contributed by atoms with Gasteiger partial charge >= 0.3 is 6.09 Å². The van der Waals surface area contributed by atoms with Gasteiger partial charge in [-0.2, -0.15) is 0 Å². The van der Waals surface area contributed by atoms with Gasteiger partial charge in [0.05, 0.1) is 12.1 Å². The Morgan fingerprint density at radius 2 is 1.83 bits per heavy atom. The molecule has 2 aromatic carbocycles. The van der Waals surface area contributed by atoms with E-state index in [-0.39, 0.29) is 5.11 Å². The number of carbonyl (C=O) groups excluding carboxylic acids is 1. The molecule has 0 unspecified atom stereocenters. The van der Waals surface area contributed by atoms with Gasteiger partial charge in [0.1, 0.15) is 11.5 Å². The molecular formula is C15H12Cl2N2O3S. The summed E-state index contributed by atoms with van der Waals surface area (Å²) in [6.07, 6.45) is -0.639. The lowest BCUT2D eigenvalue weighted by Crippen LogP contribution is -2.33. The quantitative estimate of drug-likeness (QED) is 0.757. The van der Waals surface area contributed by atoms with Crippen LogP contribution in [-0.4, -0.2) is 18.3 Å².